The Morgan fingerprint density at radius 3 is 2.41 bits per heavy atom. The summed E-state index contributed by atoms with van der Waals surface area (Å²) in [6.07, 6.45) is 1.29. The number of nitrogens with zero attached hydrogens (tertiary/aromatic N) is 2. The molecule has 0 saturated carbocycles. The van der Waals surface area contributed by atoms with Crippen LogP contribution in [-0.2, 0) is 9.53 Å². The molecule has 0 aliphatic carbocycles. The summed E-state index contributed by atoms with van der Waals surface area (Å²) in [5.74, 6) is 0.194. The fourth-order valence-electron chi connectivity index (χ4n) is 4.34. The Hall–Kier alpha value is -1.67. The van der Waals surface area contributed by atoms with Crippen LogP contribution in [0.3, 0.4) is 0 Å². The minimum absolute atomic E-state index is 0.0314. The van der Waals surface area contributed by atoms with Gasteiger partial charge in [-0.25, -0.2) is 4.99 Å². The second kappa shape index (κ2) is 10.4. The van der Waals surface area contributed by atoms with Gasteiger partial charge in [-0.1, -0.05) is 13.5 Å². The number of carbonyl (C=O) groups excluding carboxylic acids is 1. The summed E-state index contributed by atoms with van der Waals surface area (Å²) in [6, 6.07) is 0. The van der Waals surface area contributed by atoms with Gasteiger partial charge in [-0.15, -0.1) is 0 Å². The maximum atomic E-state index is 13.2. The standard InChI is InChI=1S/C21H32F3N3O2/c1-4-17(21(22,23)24)26-18(5-2)27(19(28)6-3)15-20(9-13-29-14-10-20)16-7-11-25-12-8-16/h4-5,16,25H,1,6-15H2,2-3H3/b18-5+,26-17+. The van der Waals surface area contributed by atoms with Gasteiger partial charge >= 0.3 is 6.18 Å². The molecule has 0 aromatic heterocycles. The molecule has 0 bridgehead atoms. The van der Waals surface area contributed by atoms with Crippen molar-refractivity contribution >= 4 is 11.6 Å². The molecule has 1 amide bonds. The average Bonchev–Trinajstić information content (AvgIpc) is 2.73. The first-order chi connectivity index (χ1) is 13.8. The molecule has 0 radical (unpaired) electrons. The van der Waals surface area contributed by atoms with E-state index in [1.54, 1.807) is 13.8 Å². The highest BCUT2D eigenvalue weighted by Gasteiger charge is 2.43. The quantitative estimate of drug-likeness (QED) is 0.638. The normalized spacial score (nSPS) is 21.7. The van der Waals surface area contributed by atoms with Crippen molar-refractivity contribution in [2.75, 3.05) is 32.8 Å². The SMILES string of the molecule is C=C/C(=N\C(=C/C)N(CC1(C2CCNCC2)CCOCC1)C(=O)CC)C(F)(F)F. The van der Waals surface area contributed by atoms with E-state index in [4.69, 9.17) is 4.74 Å². The summed E-state index contributed by atoms with van der Waals surface area (Å²) in [5, 5.41) is 3.36. The number of allylic oxidation sites excluding steroid dienone is 2. The largest absolute Gasteiger partial charge is 0.433 e. The summed E-state index contributed by atoms with van der Waals surface area (Å²) in [4.78, 5) is 18.0. The Morgan fingerprint density at radius 1 is 1.31 bits per heavy atom. The fourth-order valence-corrected chi connectivity index (χ4v) is 4.34. The number of rotatable bonds is 7. The highest BCUT2D eigenvalue weighted by Crippen LogP contribution is 2.44. The molecule has 29 heavy (non-hydrogen) atoms. The Morgan fingerprint density at radius 2 is 1.93 bits per heavy atom. The van der Waals surface area contributed by atoms with Crippen molar-refractivity contribution in [1.82, 2.24) is 10.2 Å². The van der Waals surface area contributed by atoms with Crippen molar-refractivity contribution in [2.45, 2.75) is 52.1 Å². The van der Waals surface area contributed by atoms with Crippen LogP contribution in [0, 0.1) is 11.3 Å². The van der Waals surface area contributed by atoms with Gasteiger partial charge in [0.05, 0.1) is 0 Å². The van der Waals surface area contributed by atoms with Crippen LogP contribution >= 0.6 is 0 Å². The number of aliphatic imine (C=N–C) groups is 1. The van der Waals surface area contributed by atoms with Crippen LogP contribution in [0.2, 0.25) is 0 Å². The van der Waals surface area contributed by atoms with Crippen molar-refractivity contribution in [2.24, 2.45) is 16.3 Å². The van der Waals surface area contributed by atoms with Crippen LogP contribution in [0.4, 0.5) is 13.2 Å². The van der Waals surface area contributed by atoms with Crippen LogP contribution in [0.25, 0.3) is 0 Å². The molecule has 8 heteroatoms. The fraction of sp³-hybridized carbons (Fsp3) is 0.714. The number of nitrogens with one attached hydrogen (secondary N) is 1. The van der Waals surface area contributed by atoms with E-state index in [1.165, 1.54) is 11.0 Å². The number of amides is 1. The van der Waals surface area contributed by atoms with E-state index in [2.05, 4.69) is 16.9 Å². The van der Waals surface area contributed by atoms with Gasteiger partial charge < -0.3 is 10.1 Å². The Labute approximate surface area is 171 Å². The topological polar surface area (TPSA) is 53.9 Å². The summed E-state index contributed by atoms with van der Waals surface area (Å²) < 4.78 is 45.3. The molecule has 1 N–H and O–H groups in total. The summed E-state index contributed by atoms with van der Waals surface area (Å²) in [7, 11) is 0. The molecule has 2 fully saturated rings. The van der Waals surface area contributed by atoms with E-state index < -0.39 is 11.9 Å². The van der Waals surface area contributed by atoms with E-state index in [0.29, 0.717) is 31.8 Å². The molecule has 2 saturated heterocycles. The van der Waals surface area contributed by atoms with E-state index in [-0.39, 0.29) is 23.6 Å². The lowest BCUT2D eigenvalue weighted by Crippen LogP contribution is -2.50. The van der Waals surface area contributed by atoms with Crippen molar-refractivity contribution < 1.29 is 22.7 Å². The highest BCUT2D eigenvalue weighted by molar-refractivity contribution is 5.99. The first-order valence-electron chi connectivity index (χ1n) is 10.3. The third-order valence-corrected chi connectivity index (χ3v) is 6.02. The molecule has 2 rings (SSSR count). The van der Waals surface area contributed by atoms with Crippen molar-refractivity contribution in [3.63, 3.8) is 0 Å². The van der Waals surface area contributed by atoms with E-state index in [0.717, 1.165) is 38.8 Å². The summed E-state index contributed by atoms with van der Waals surface area (Å²) in [5.41, 5.74) is -1.27. The summed E-state index contributed by atoms with van der Waals surface area (Å²) in [6.45, 7) is 9.95. The molecule has 2 aliphatic rings. The van der Waals surface area contributed by atoms with Crippen LogP contribution in [0.15, 0.2) is 29.5 Å². The van der Waals surface area contributed by atoms with Gasteiger partial charge in [0, 0.05) is 26.2 Å². The number of alkyl halides is 3. The van der Waals surface area contributed by atoms with Gasteiger partial charge in [0.2, 0.25) is 5.91 Å². The molecule has 164 valence electrons. The number of piperidine rings is 1. The third kappa shape index (κ3) is 5.92. The van der Waals surface area contributed by atoms with Gasteiger partial charge in [-0.2, -0.15) is 13.2 Å². The lowest BCUT2D eigenvalue weighted by atomic mass is 9.66. The van der Waals surface area contributed by atoms with Crippen LogP contribution < -0.4 is 5.32 Å². The molecule has 0 spiro atoms. The van der Waals surface area contributed by atoms with Gasteiger partial charge in [-0.3, -0.25) is 9.69 Å². The Kier molecular flexibility index (Phi) is 8.46. The lowest BCUT2D eigenvalue weighted by molar-refractivity contribution is -0.133. The van der Waals surface area contributed by atoms with Crippen LogP contribution in [0.5, 0.6) is 0 Å². The number of halogens is 3. The zero-order chi connectivity index (χ0) is 21.5. The van der Waals surface area contributed by atoms with Gasteiger partial charge in [0.25, 0.3) is 0 Å². The zero-order valence-electron chi connectivity index (χ0n) is 17.4. The van der Waals surface area contributed by atoms with Gasteiger partial charge in [-0.05, 0) is 69.2 Å². The third-order valence-electron chi connectivity index (χ3n) is 6.02. The maximum Gasteiger partial charge on any atom is 0.433 e. The van der Waals surface area contributed by atoms with E-state index in [9.17, 15) is 18.0 Å². The molecule has 0 aromatic rings. The smallest absolute Gasteiger partial charge is 0.381 e. The number of ether oxygens (including phenoxy) is 1. The van der Waals surface area contributed by atoms with Crippen molar-refractivity contribution in [1.29, 1.82) is 0 Å². The minimum Gasteiger partial charge on any atom is -0.381 e. The molecule has 0 atom stereocenters. The van der Waals surface area contributed by atoms with Gasteiger partial charge in [0.1, 0.15) is 11.5 Å². The van der Waals surface area contributed by atoms with Crippen LogP contribution in [0.1, 0.15) is 46.0 Å². The molecule has 5 nitrogen and oxygen atoms in total. The Bertz CT molecular complexity index is 632. The predicted molar refractivity (Wildman–Crippen MR) is 108 cm³/mol. The minimum atomic E-state index is -4.62. The molecule has 0 aromatic carbocycles. The highest BCUT2D eigenvalue weighted by atomic mass is 19.4. The molecule has 0 unspecified atom stereocenters. The molecular formula is C21H32F3N3O2. The first kappa shape index (κ1) is 23.6. The van der Waals surface area contributed by atoms with Crippen molar-refractivity contribution in [3.05, 3.63) is 24.6 Å². The molecule has 2 heterocycles. The van der Waals surface area contributed by atoms with Crippen molar-refractivity contribution in [3.8, 4) is 0 Å². The number of hydrogen-bond acceptors (Lipinski definition) is 4. The van der Waals surface area contributed by atoms with Gasteiger partial charge in [0.15, 0.2) is 0 Å². The Balaban J connectivity index is 2.40. The van der Waals surface area contributed by atoms with E-state index >= 15 is 0 Å². The zero-order valence-corrected chi connectivity index (χ0v) is 17.4. The number of hydrogen-bond donors (Lipinski definition) is 1. The van der Waals surface area contributed by atoms with E-state index in [1.807, 2.05) is 0 Å². The monoisotopic (exact) mass is 415 g/mol. The van der Waals surface area contributed by atoms with Crippen LogP contribution in [-0.4, -0.2) is 55.5 Å². The molecule has 2 aliphatic heterocycles. The lowest BCUT2D eigenvalue weighted by Gasteiger charge is -2.47. The second-order valence-electron chi connectivity index (χ2n) is 7.68. The maximum absolute atomic E-state index is 13.2. The predicted octanol–water partition coefficient (Wildman–Crippen LogP) is 4.07. The number of carbonyl (C=O) groups is 1. The first-order valence-corrected chi connectivity index (χ1v) is 10.3. The molecular weight excluding hydrogens is 383 g/mol. The average molecular weight is 416 g/mol. The second-order valence-corrected chi connectivity index (χ2v) is 7.68. The summed E-state index contributed by atoms with van der Waals surface area (Å²) >= 11 is 0.